The average Bonchev–Trinajstić information content (AvgIpc) is 2.15. The molecule has 0 spiro atoms. The predicted molar refractivity (Wildman–Crippen MR) is 51.0 cm³/mol. The molecular weight excluding hydrogens is 166 g/mol. The van der Waals surface area contributed by atoms with Gasteiger partial charge in [0.05, 0.1) is 6.61 Å². The Morgan fingerprint density at radius 3 is 3.00 bits per heavy atom. The molecule has 4 nitrogen and oxygen atoms in total. The fraction of sp³-hybridized carbons (Fsp3) is 0.333. The van der Waals surface area contributed by atoms with E-state index >= 15 is 0 Å². The van der Waals surface area contributed by atoms with Crippen molar-refractivity contribution in [3.8, 4) is 5.88 Å². The second-order valence-corrected chi connectivity index (χ2v) is 2.62. The topological polar surface area (TPSA) is 72.0 Å². The Kier molecular flexibility index (Phi) is 3.25. The van der Waals surface area contributed by atoms with Gasteiger partial charge in [-0.15, -0.1) is 0 Å². The van der Waals surface area contributed by atoms with Crippen LogP contribution in [0.4, 0.5) is 0 Å². The first-order valence-corrected chi connectivity index (χ1v) is 4.18. The number of amidine groups is 1. The number of nitrogens with zero attached hydrogens (tertiary/aromatic N) is 1. The van der Waals surface area contributed by atoms with Gasteiger partial charge in [0.15, 0.2) is 0 Å². The van der Waals surface area contributed by atoms with Gasteiger partial charge < -0.3 is 10.5 Å². The molecular formula is C9H13N3O. The van der Waals surface area contributed by atoms with E-state index < -0.39 is 0 Å². The van der Waals surface area contributed by atoms with Crippen molar-refractivity contribution >= 4 is 5.84 Å². The van der Waals surface area contributed by atoms with E-state index in [2.05, 4.69) is 4.98 Å². The van der Waals surface area contributed by atoms with Gasteiger partial charge in [0, 0.05) is 6.07 Å². The van der Waals surface area contributed by atoms with Crippen LogP contribution in [0.5, 0.6) is 5.88 Å². The molecule has 3 N–H and O–H groups in total. The van der Waals surface area contributed by atoms with E-state index in [0.29, 0.717) is 18.2 Å². The highest BCUT2D eigenvalue weighted by atomic mass is 16.5. The summed E-state index contributed by atoms with van der Waals surface area (Å²) in [6, 6.07) is 5.21. The third-order valence-corrected chi connectivity index (χ3v) is 1.45. The lowest BCUT2D eigenvalue weighted by Gasteiger charge is -2.04. The summed E-state index contributed by atoms with van der Waals surface area (Å²) in [5.41, 5.74) is 5.73. The van der Waals surface area contributed by atoms with Crippen molar-refractivity contribution in [2.75, 3.05) is 6.61 Å². The van der Waals surface area contributed by atoms with E-state index in [9.17, 15) is 0 Å². The molecule has 0 unspecified atom stereocenters. The SMILES string of the molecule is CCCOc1cccc(C(=N)N)n1. The van der Waals surface area contributed by atoms with Gasteiger partial charge in [0.2, 0.25) is 5.88 Å². The van der Waals surface area contributed by atoms with Crippen molar-refractivity contribution in [2.45, 2.75) is 13.3 Å². The standard InChI is InChI=1S/C9H13N3O/c1-2-6-13-8-5-3-4-7(12-8)9(10)11/h3-5H,2,6H2,1H3,(H3,10,11). The molecule has 1 rings (SSSR count). The van der Waals surface area contributed by atoms with Gasteiger partial charge in [-0.1, -0.05) is 13.0 Å². The summed E-state index contributed by atoms with van der Waals surface area (Å²) in [7, 11) is 0. The van der Waals surface area contributed by atoms with E-state index in [1.807, 2.05) is 6.92 Å². The van der Waals surface area contributed by atoms with Crippen LogP contribution >= 0.6 is 0 Å². The second-order valence-electron chi connectivity index (χ2n) is 2.62. The smallest absolute Gasteiger partial charge is 0.213 e. The summed E-state index contributed by atoms with van der Waals surface area (Å²) >= 11 is 0. The first-order valence-electron chi connectivity index (χ1n) is 4.18. The van der Waals surface area contributed by atoms with Crippen LogP contribution in [0.1, 0.15) is 19.0 Å². The molecule has 0 atom stereocenters. The van der Waals surface area contributed by atoms with Gasteiger partial charge in [-0.3, -0.25) is 5.41 Å². The number of hydrogen-bond acceptors (Lipinski definition) is 3. The average molecular weight is 179 g/mol. The van der Waals surface area contributed by atoms with E-state index in [4.69, 9.17) is 15.9 Å². The molecule has 0 bridgehead atoms. The lowest BCUT2D eigenvalue weighted by atomic mass is 10.3. The maximum atomic E-state index is 7.17. The Morgan fingerprint density at radius 2 is 2.38 bits per heavy atom. The van der Waals surface area contributed by atoms with Crippen molar-refractivity contribution in [1.29, 1.82) is 5.41 Å². The lowest BCUT2D eigenvalue weighted by Crippen LogP contribution is -2.13. The maximum absolute atomic E-state index is 7.17. The highest BCUT2D eigenvalue weighted by Gasteiger charge is 1.99. The van der Waals surface area contributed by atoms with Crippen molar-refractivity contribution in [3.05, 3.63) is 23.9 Å². The second kappa shape index (κ2) is 4.45. The highest BCUT2D eigenvalue weighted by Crippen LogP contribution is 2.07. The summed E-state index contributed by atoms with van der Waals surface area (Å²) in [4.78, 5) is 4.04. The molecule has 0 aliphatic heterocycles. The largest absolute Gasteiger partial charge is 0.478 e. The third kappa shape index (κ3) is 2.74. The zero-order valence-electron chi connectivity index (χ0n) is 7.58. The Labute approximate surface area is 77.2 Å². The normalized spacial score (nSPS) is 9.62. The maximum Gasteiger partial charge on any atom is 0.213 e. The van der Waals surface area contributed by atoms with Crippen LogP contribution in [0.25, 0.3) is 0 Å². The molecule has 0 aliphatic rings. The summed E-state index contributed by atoms with van der Waals surface area (Å²) in [5, 5.41) is 7.17. The molecule has 0 saturated carbocycles. The number of rotatable bonds is 4. The van der Waals surface area contributed by atoms with Crippen LogP contribution in [0.3, 0.4) is 0 Å². The third-order valence-electron chi connectivity index (χ3n) is 1.45. The van der Waals surface area contributed by atoms with Crippen LogP contribution in [0.15, 0.2) is 18.2 Å². The number of nitrogens with one attached hydrogen (secondary N) is 1. The lowest BCUT2D eigenvalue weighted by molar-refractivity contribution is 0.305. The van der Waals surface area contributed by atoms with Crippen molar-refractivity contribution in [2.24, 2.45) is 5.73 Å². The number of hydrogen-bond donors (Lipinski definition) is 2. The molecule has 13 heavy (non-hydrogen) atoms. The quantitative estimate of drug-likeness (QED) is 0.538. The minimum atomic E-state index is -0.0399. The molecule has 1 aromatic heterocycles. The monoisotopic (exact) mass is 179 g/mol. The van der Waals surface area contributed by atoms with Gasteiger partial charge in [-0.2, -0.15) is 0 Å². The molecule has 0 radical (unpaired) electrons. The molecule has 0 aromatic carbocycles. The molecule has 0 saturated heterocycles. The first kappa shape index (κ1) is 9.51. The zero-order chi connectivity index (χ0) is 9.68. The van der Waals surface area contributed by atoms with Crippen LogP contribution in [0, 0.1) is 5.41 Å². The van der Waals surface area contributed by atoms with E-state index in [0.717, 1.165) is 6.42 Å². The fourth-order valence-corrected chi connectivity index (χ4v) is 0.852. The summed E-state index contributed by atoms with van der Waals surface area (Å²) in [6.45, 7) is 2.66. The Balaban J connectivity index is 2.73. The molecule has 0 aliphatic carbocycles. The van der Waals surface area contributed by atoms with E-state index in [1.165, 1.54) is 0 Å². The Morgan fingerprint density at radius 1 is 1.62 bits per heavy atom. The molecule has 0 amide bonds. The van der Waals surface area contributed by atoms with Crippen LogP contribution in [-0.4, -0.2) is 17.4 Å². The van der Waals surface area contributed by atoms with Gasteiger partial charge in [-0.25, -0.2) is 4.98 Å². The molecule has 0 fully saturated rings. The van der Waals surface area contributed by atoms with E-state index in [-0.39, 0.29) is 5.84 Å². The number of aromatic nitrogens is 1. The van der Waals surface area contributed by atoms with Crippen molar-refractivity contribution in [1.82, 2.24) is 4.98 Å². The summed E-state index contributed by atoms with van der Waals surface area (Å²) in [5.74, 6) is 0.483. The van der Waals surface area contributed by atoms with Gasteiger partial charge in [0.1, 0.15) is 11.5 Å². The summed E-state index contributed by atoms with van der Waals surface area (Å²) in [6.07, 6.45) is 0.936. The minimum Gasteiger partial charge on any atom is -0.478 e. The number of nitrogen functional groups attached to an aromatic ring is 1. The van der Waals surface area contributed by atoms with Gasteiger partial charge >= 0.3 is 0 Å². The number of nitrogens with two attached hydrogens (primary N) is 1. The number of pyridine rings is 1. The highest BCUT2D eigenvalue weighted by molar-refractivity contribution is 5.93. The Bertz CT molecular complexity index is 299. The Hall–Kier alpha value is -1.58. The first-order chi connectivity index (χ1) is 6.24. The van der Waals surface area contributed by atoms with Crippen LogP contribution in [0.2, 0.25) is 0 Å². The van der Waals surface area contributed by atoms with Crippen molar-refractivity contribution in [3.63, 3.8) is 0 Å². The molecule has 70 valence electrons. The minimum absolute atomic E-state index is 0.0399. The summed E-state index contributed by atoms with van der Waals surface area (Å²) < 4.78 is 5.28. The van der Waals surface area contributed by atoms with E-state index in [1.54, 1.807) is 18.2 Å². The zero-order valence-corrected chi connectivity index (χ0v) is 7.58. The van der Waals surface area contributed by atoms with Gasteiger partial charge in [-0.05, 0) is 12.5 Å². The molecule has 1 aromatic rings. The van der Waals surface area contributed by atoms with Crippen molar-refractivity contribution < 1.29 is 4.74 Å². The van der Waals surface area contributed by atoms with Crippen LogP contribution < -0.4 is 10.5 Å². The molecule has 1 heterocycles. The predicted octanol–water partition coefficient (Wildman–Crippen LogP) is 1.15. The number of ether oxygens (including phenoxy) is 1. The fourth-order valence-electron chi connectivity index (χ4n) is 0.852. The molecule has 4 heteroatoms. The van der Waals surface area contributed by atoms with Gasteiger partial charge in [0.25, 0.3) is 0 Å². The van der Waals surface area contributed by atoms with Crippen LogP contribution in [-0.2, 0) is 0 Å².